The smallest absolute Gasteiger partial charge is 0.548 e. The van der Waals surface area contributed by atoms with Crippen LogP contribution in [0.4, 0.5) is 0 Å². The number of hydrogen-bond donors (Lipinski definition) is 4. The average Bonchev–Trinajstić information content (AvgIpc) is 2.31. The summed E-state index contributed by atoms with van der Waals surface area (Å²) >= 11 is 8.49. The Morgan fingerprint density at radius 1 is 1.30 bits per heavy atom. The number of thiol groups is 2. The van der Waals surface area contributed by atoms with Gasteiger partial charge in [-0.3, -0.25) is 4.79 Å². The molecule has 0 saturated carbocycles. The van der Waals surface area contributed by atoms with Crippen LogP contribution in [0.15, 0.2) is 0 Å². The molecule has 2 N–H and O–H groups in total. The van der Waals surface area contributed by atoms with E-state index in [1.165, 1.54) is 6.92 Å². The first-order valence-corrected chi connectivity index (χ1v) is 7.50. The predicted molar refractivity (Wildman–Crippen MR) is 78.3 cm³/mol. The van der Waals surface area contributed by atoms with E-state index in [4.69, 9.17) is 0 Å². The number of unbranched alkanes of at least 4 members (excludes halogenated alkanes) is 1. The molecule has 0 radical (unpaired) electrons. The molecule has 0 bridgehead atoms. The van der Waals surface area contributed by atoms with Gasteiger partial charge in [0, 0.05) is 11.7 Å². The number of carbonyl (C=O) groups is 2. The second-order valence-corrected chi connectivity index (χ2v) is 5.69. The number of aliphatic hydroxyl groups is 1. The van der Waals surface area contributed by atoms with Crippen molar-refractivity contribution in [3.05, 3.63) is 0 Å². The van der Waals surface area contributed by atoms with E-state index in [9.17, 15) is 19.8 Å². The summed E-state index contributed by atoms with van der Waals surface area (Å²) < 4.78 is 0. The van der Waals surface area contributed by atoms with Crippen LogP contribution in [-0.4, -0.2) is 40.1 Å². The predicted octanol–water partition coefficient (Wildman–Crippen LogP) is -3.22. The quantitative estimate of drug-likeness (QED) is 0.193. The first-order valence-electron chi connectivity index (χ1n) is 6.35. The molecule has 0 heterocycles. The van der Waals surface area contributed by atoms with E-state index in [0.717, 1.165) is 25.0 Å². The van der Waals surface area contributed by atoms with E-state index >= 15 is 0 Å². The largest absolute Gasteiger partial charge is 1.00 e. The third-order valence-corrected chi connectivity index (χ3v) is 3.48. The number of carbonyl (C=O) groups excluding carboxylic acids is 2. The average molecular weight is 331 g/mol. The van der Waals surface area contributed by atoms with Crippen LogP contribution < -0.4 is 40.0 Å². The molecule has 0 aliphatic rings. The van der Waals surface area contributed by atoms with Crippen molar-refractivity contribution in [2.24, 2.45) is 0 Å². The van der Waals surface area contributed by atoms with Crippen LogP contribution in [0.3, 0.4) is 0 Å². The fourth-order valence-electron chi connectivity index (χ4n) is 1.58. The van der Waals surface area contributed by atoms with E-state index in [2.05, 4.69) is 30.6 Å². The summed E-state index contributed by atoms with van der Waals surface area (Å²) in [5.74, 6) is -1.08. The van der Waals surface area contributed by atoms with Crippen molar-refractivity contribution in [2.75, 3.05) is 5.75 Å². The maximum Gasteiger partial charge on any atom is 1.00 e. The van der Waals surface area contributed by atoms with E-state index in [1.807, 2.05) is 0 Å². The second kappa shape index (κ2) is 13.3. The molecule has 0 aromatic heterocycles. The molecule has 8 heteroatoms. The Bertz CT molecular complexity index is 293. The van der Waals surface area contributed by atoms with E-state index < -0.39 is 18.1 Å². The van der Waals surface area contributed by atoms with Gasteiger partial charge in [0.2, 0.25) is 5.91 Å². The number of hydrogen-bond acceptors (Lipinski definition) is 6. The van der Waals surface area contributed by atoms with Crippen molar-refractivity contribution in [1.29, 1.82) is 0 Å². The Morgan fingerprint density at radius 3 is 2.35 bits per heavy atom. The summed E-state index contributed by atoms with van der Waals surface area (Å²) in [4.78, 5) is 22.2. The molecule has 0 aromatic carbocycles. The topological polar surface area (TPSA) is 89.5 Å². The molecule has 1 unspecified atom stereocenters. The van der Waals surface area contributed by atoms with Gasteiger partial charge in [-0.15, -0.1) is 0 Å². The molecular weight excluding hydrogens is 309 g/mol. The van der Waals surface area contributed by atoms with E-state index in [0.29, 0.717) is 6.42 Å². The van der Waals surface area contributed by atoms with Gasteiger partial charge < -0.3 is 20.3 Å². The molecular formula is C12H22NNaO4S2. The van der Waals surface area contributed by atoms with Crippen molar-refractivity contribution in [3.63, 3.8) is 0 Å². The third-order valence-electron chi connectivity index (χ3n) is 2.71. The first kappa shape index (κ1) is 22.9. The van der Waals surface area contributed by atoms with Crippen LogP contribution in [0.5, 0.6) is 0 Å². The first-order chi connectivity index (χ1) is 8.88. The summed E-state index contributed by atoms with van der Waals surface area (Å²) in [6.07, 6.45) is 2.39. The maximum absolute atomic E-state index is 11.5. The fourth-order valence-corrected chi connectivity index (χ4v) is 2.41. The van der Waals surface area contributed by atoms with Crippen LogP contribution in [0, 0.1) is 0 Å². The zero-order valence-electron chi connectivity index (χ0n) is 12.0. The molecule has 0 aliphatic heterocycles. The van der Waals surface area contributed by atoms with Gasteiger partial charge in [0.15, 0.2) is 0 Å². The molecule has 112 valence electrons. The number of nitrogens with one attached hydrogen (secondary N) is 1. The summed E-state index contributed by atoms with van der Waals surface area (Å²) in [5.41, 5.74) is 0. The van der Waals surface area contributed by atoms with Gasteiger partial charge in [-0.1, -0.05) is 6.42 Å². The molecule has 20 heavy (non-hydrogen) atoms. The van der Waals surface area contributed by atoms with Crippen molar-refractivity contribution < 1.29 is 49.4 Å². The van der Waals surface area contributed by atoms with Gasteiger partial charge in [0.05, 0.1) is 18.1 Å². The Morgan fingerprint density at radius 2 is 1.90 bits per heavy atom. The van der Waals surface area contributed by atoms with E-state index in [1.54, 1.807) is 0 Å². The summed E-state index contributed by atoms with van der Waals surface area (Å²) in [5, 5.41) is 22.4. The standard InChI is InChI=1S/C12H23NO4S2.Na/c1-8(14)11(12(16)17)13-10(15)5-3-2-4-9(19)6-7-18;/h8-9,11,14,18-19H,2-7H2,1H3,(H,13,15)(H,16,17);/q;+1/p-1/t8-,9?,11+;/m1./s1. The Balaban J connectivity index is 0. The minimum atomic E-state index is -1.48. The SMILES string of the molecule is C[C@@H](O)[C@H](NC(=O)CCCCC(S)CCS)C(=O)[O-].[Na+]. The maximum atomic E-state index is 11.5. The fraction of sp³-hybridized carbons (Fsp3) is 0.833. The van der Waals surface area contributed by atoms with Crippen LogP contribution in [-0.2, 0) is 9.59 Å². The van der Waals surface area contributed by atoms with Gasteiger partial charge in [0.1, 0.15) is 0 Å². The third kappa shape index (κ3) is 11.3. The number of aliphatic hydroxyl groups excluding tert-OH is 1. The molecule has 0 aliphatic carbocycles. The van der Waals surface area contributed by atoms with E-state index in [-0.39, 0.29) is 47.1 Å². The minimum absolute atomic E-state index is 0. The Kier molecular flexibility index (Phi) is 15.2. The molecule has 1 amide bonds. The molecule has 0 saturated heterocycles. The molecule has 0 aromatic rings. The number of carboxylic acid groups (broad SMARTS) is 1. The van der Waals surface area contributed by atoms with Crippen molar-refractivity contribution in [3.8, 4) is 0 Å². The number of amides is 1. The van der Waals surface area contributed by atoms with Crippen molar-refractivity contribution in [2.45, 2.75) is 56.4 Å². The normalized spacial score (nSPS) is 14.8. The molecule has 0 fully saturated rings. The van der Waals surface area contributed by atoms with Gasteiger partial charge in [-0.05, 0) is 31.9 Å². The van der Waals surface area contributed by atoms with Gasteiger partial charge in [0.25, 0.3) is 0 Å². The summed E-state index contributed by atoms with van der Waals surface area (Å²) in [6.45, 7) is 1.30. The number of rotatable bonds is 10. The van der Waals surface area contributed by atoms with Crippen LogP contribution >= 0.6 is 25.3 Å². The summed E-state index contributed by atoms with van der Waals surface area (Å²) in [6, 6.07) is -1.35. The molecule has 5 nitrogen and oxygen atoms in total. The van der Waals surface area contributed by atoms with Crippen LogP contribution in [0.1, 0.15) is 39.0 Å². The zero-order chi connectivity index (χ0) is 14.8. The van der Waals surface area contributed by atoms with Crippen molar-refractivity contribution >= 4 is 37.1 Å². The minimum Gasteiger partial charge on any atom is -0.548 e. The van der Waals surface area contributed by atoms with Gasteiger partial charge in [-0.2, -0.15) is 25.3 Å². The molecule has 0 spiro atoms. The molecule has 3 atom stereocenters. The van der Waals surface area contributed by atoms with Gasteiger partial charge >= 0.3 is 29.6 Å². The Hall–Kier alpha value is 0.600. The summed E-state index contributed by atoms with van der Waals surface area (Å²) in [7, 11) is 0. The Labute approximate surface area is 153 Å². The zero-order valence-corrected chi connectivity index (χ0v) is 15.8. The van der Waals surface area contributed by atoms with Crippen LogP contribution in [0.2, 0.25) is 0 Å². The van der Waals surface area contributed by atoms with Crippen LogP contribution in [0.25, 0.3) is 0 Å². The van der Waals surface area contributed by atoms with Crippen molar-refractivity contribution in [1.82, 2.24) is 5.32 Å². The van der Waals surface area contributed by atoms with Gasteiger partial charge in [-0.25, -0.2) is 0 Å². The number of carboxylic acids is 1. The molecule has 0 rings (SSSR count). The number of aliphatic carboxylic acids is 1. The monoisotopic (exact) mass is 331 g/mol. The second-order valence-electron chi connectivity index (χ2n) is 4.52.